The number of rotatable bonds is 3. The number of nitrogens with zero attached hydrogens (tertiary/aromatic N) is 1. The molecule has 0 aromatic heterocycles. The van der Waals surface area contributed by atoms with Crippen LogP contribution in [-0.2, 0) is 6.42 Å². The predicted molar refractivity (Wildman–Crippen MR) is 69.5 cm³/mol. The molecule has 1 N–H and O–H groups in total. The maximum Gasteiger partial charge on any atom is 0.0635 e. The molecule has 1 atom stereocenters. The largest absolute Gasteiger partial charge is 0.308 e. The van der Waals surface area contributed by atoms with Crippen molar-refractivity contribution in [3.8, 4) is 6.07 Å². The summed E-state index contributed by atoms with van der Waals surface area (Å²) in [5.74, 6) is 0. The minimum absolute atomic E-state index is 0.268. The van der Waals surface area contributed by atoms with E-state index >= 15 is 0 Å². The molecule has 0 heterocycles. The summed E-state index contributed by atoms with van der Waals surface area (Å²) in [5, 5.41) is 12.2. The Kier molecular flexibility index (Phi) is 3.49. The fourth-order valence-corrected chi connectivity index (χ4v) is 2.72. The van der Waals surface area contributed by atoms with Gasteiger partial charge in [0.05, 0.1) is 6.07 Å². The first-order chi connectivity index (χ1) is 8.15. The van der Waals surface area contributed by atoms with Crippen molar-refractivity contribution < 1.29 is 0 Å². The van der Waals surface area contributed by atoms with Crippen LogP contribution in [0.25, 0.3) is 0 Å². The first-order valence-corrected chi connectivity index (χ1v) is 6.33. The highest BCUT2D eigenvalue weighted by Gasteiger charge is 2.34. The van der Waals surface area contributed by atoms with Crippen molar-refractivity contribution in [1.29, 1.82) is 5.26 Å². The van der Waals surface area contributed by atoms with Crippen LogP contribution in [0.3, 0.4) is 0 Å². The van der Waals surface area contributed by atoms with Crippen molar-refractivity contribution >= 4 is 0 Å². The lowest BCUT2D eigenvalue weighted by molar-refractivity contribution is 0.210. The molecule has 0 saturated carbocycles. The van der Waals surface area contributed by atoms with E-state index in [2.05, 4.69) is 49.5 Å². The molecule has 2 rings (SSSR count). The highest BCUT2D eigenvalue weighted by atomic mass is 14.9. The molecular formula is C15H20N2. The van der Waals surface area contributed by atoms with Crippen LogP contribution in [0.2, 0.25) is 0 Å². The van der Waals surface area contributed by atoms with Gasteiger partial charge in [0, 0.05) is 19.0 Å². The van der Waals surface area contributed by atoms with Gasteiger partial charge in [-0.3, -0.25) is 0 Å². The summed E-state index contributed by atoms with van der Waals surface area (Å²) in [6.45, 7) is 5.40. The Morgan fingerprint density at radius 1 is 1.41 bits per heavy atom. The molecule has 1 aliphatic carbocycles. The number of fused-ring (bicyclic) bond motifs is 1. The van der Waals surface area contributed by atoms with E-state index in [-0.39, 0.29) is 5.41 Å². The Morgan fingerprint density at radius 3 is 2.94 bits per heavy atom. The fourth-order valence-electron chi connectivity index (χ4n) is 2.72. The van der Waals surface area contributed by atoms with Gasteiger partial charge in [0.25, 0.3) is 0 Å². The average Bonchev–Trinajstić information content (AvgIpc) is 2.32. The van der Waals surface area contributed by atoms with Crippen LogP contribution in [0, 0.1) is 16.7 Å². The van der Waals surface area contributed by atoms with Crippen molar-refractivity contribution in [2.45, 2.75) is 39.2 Å². The smallest absolute Gasteiger partial charge is 0.0635 e. The zero-order chi connectivity index (χ0) is 12.3. The SMILES string of the molecule is CC1(C)CCc2ccccc2C1NCCC#N. The monoisotopic (exact) mass is 228 g/mol. The molecule has 0 bridgehead atoms. The van der Waals surface area contributed by atoms with Gasteiger partial charge in [0.2, 0.25) is 0 Å². The third-order valence-corrected chi connectivity index (χ3v) is 3.77. The minimum Gasteiger partial charge on any atom is -0.308 e. The van der Waals surface area contributed by atoms with Crippen molar-refractivity contribution in [2.75, 3.05) is 6.54 Å². The summed E-state index contributed by atoms with van der Waals surface area (Å²) in [4.78, 5) is 0. The first kappa shape index (κ1) is 12.1. The number of nitrogens with one attached hydrogen (secondary N) is 1. The van der Waals surface area contributed by atoms with Crippen LogP contribution in [-0.4, -0.2) is 6.54 Å². The van der Waals surface area contributed by atoms with Crippen LogP contribution in [0.4, 0.5) is 0 Å². The average molecular weight is 228 g/mol. The van der Waals surface area contributed by atoms with E-state index in [1.165, 1.54) is 24.0 Å². The third-order valence-electron chi connectivity index (χ3n) is 3.77. The van der Waals surface area contributed by atoms with Crippen molar-refractivity contribution in [2.24, 2.45) is 5.41 Å². The third kappa shape index (κ3) is 2.50. The van der Waals surface area contributed by atoms with Crippen LogP contribution in [0.5, 0.6) is 0 Å². The molecule has 1 aliphatic rings. The second-order valence-electron chi connectivity index (χ2n) is 5.48. The molecule has 1 unspecified atom stereocenters. The summed E-state index contributed by atoms with van der Waals surface area (Å²) in [6, 6.07) is 11.2. The molecule has 2 heteroatoms. The molecule has 0 fully saturated rings. The van der Waals surface area contributed by atoms with E-state index in [0.29, 0.717) is 12.5 Å². The standard InChI is InChI=1S/C15H20N2/c1-15(2)9-8-12-6-3-4-7-13(12)14(15)17-11-5-10-16/h3-4,6-7,14,17H,5,8-9,11H2,1-2H3. The quantitative estimate of drug-likeness (QED) is 0.806. The highest BCUT2D eigenvalue weighted by molar-refractivity contribution is 5.34. The molecule has 0 radical (unpaired) electrons. The summed E-state index contributed by atoms with van der Waals surface area (Å²) in [5.41, 5.74) is 3.15. The van der Waals surface area contributed by atoms with E-state index in [4.69, 9.17) is 5.26 Å². The van der Waals surface area contributed by atoms with E-state index in [1.54, 1.807) is 0 Å². The first-order valence-electron chi connectivity index (χ1n) is 6.33. The lowest BCUT2D eigenvalue weighted by atomic mass is 9.70. The van der Waals surface area contributed by atoms with E-state index in [9.17, 15) is 0 Å². The van der Waals surface area contributed by atoms with E-state index in [0.717, 1.165) is 6.54 Å². The van der Waals surface area contributed by atoms with Crippen molar-refractivity contribution in [3.05, 3.63) is 35.4 Å². The zero-order valence-corrected chi connectivity index (χ0v) is 10.7. The summed E-state index contributed by atoms with van der Waals surface area (Å²) < 4.78 is 0. The molecule has 90 valence electrons. The zero-order valence-electron chi connectivity index (χ0n) is 10.7. The van der Waals surface area contributed by atoms with Crippen molar-refractivity contribution in [3.63, 3.8) is 0 Å². The molecule has 0 saturated heterocycles. The number of nitriles is 1. The summed E-state index contributed by atoms with van der Waals surface area (Å²) >= 11 is 0. The van der Waals surface area contributed by atoms with Crippen LogP contribution >= 0.6 is 0 Å². The van der Waals surface area contributed by atoms with Gasteiger partial charge in [0.1, 0.15) is 0 Å². The maximum absolute atomic E-state index is 8.63. The molecule has 0 aliphatic heterocycles. The number of hydrogen-bond donors (Lipinski definition) is 1. The number of hydrogen-bond acceptors (Lipinski definition) is 2. The molecule has 17 heavy (non-hydrogen) atoms. The minimum atomic E-state index is 0.268. The van der Waals surface area contributed by atoms with Gasteiger partial charge < -0.3 is 5.32 Å². The normalized spacial score (nSPS) is 21.6. The van der Waals surface area contributed by atoms with E-state index < -0.39 is 0 Å². The Bertz CT molecular complexity index is 429. The maximum atomic E-state index is 8.63. The Balaban J connectivity index is 2.23. The van der Waals surface area contributed by atoms with Gasteiger partial charge in [-0.2, -0.15) is 5.26 Å². The van der Waals surface area contributed by atoms with Gasteiger partial charge in [-0.1, -0.05) is 38.1 Å². The molecule has 1 aromatic carbocycles. The molecule has 0 spiro atoms. The van der Waals surface area contributed by atoms with E-state index in [1.807, 2.05) is 0 Å². The Morgan fingerprint density at radius 2 is 2.18 bits per heavy atom. The number of aryl methyl sites for hydroxylation is 1. The van der Waals surface area contributed by atoms with Gasteiger partial charge in [0.15, 0.2) is 0 Å². The molecule has 0 amide bonds. The Hall–Kier alpha value is -1.33. The topological polar surface area (TPSA) is 35.8 Å². The molecule has 1 aromatic rings. The Labute approximate surface area is 104 Å². The van der Waals surface area contributed by atoms with Crippen LogP contribution < -0.4 is 5.32 Å². The van der Waals surface area contributed by atoms with Crippen LogP contribution in [0.1, 0.15) is 43.9 Å². The second-order valence-corrected chi connectivity index (χ2v) is 5.48. The van der Waals surface area contributed by atoms with Crippen molar-refractivity contribution in [1.82, 2.24) is 5.32 Å². The van der Waals surface area contributed by atoms with Crippen LogP contribution in [0.15, 0.2) is 24.3 Å². The fraction of sp³-hybridized carbons (Fsp3) is 0.533. The summed E-state index contributed by atoms with van der Waals surface area (Å²) in [6.07, 6.45) is 2.95. The lowest BCUT2D eigenvalue weighted by Gasteiger charge is -2.40. The van der Waals surface area contributed by atoms with Gasteiger partial charge in [-0.05, 0) is 29.4 Å². The summed E-state index contributed by atoms with van der Waals surface area (Å²) in [7, 11) is 0. The van der Waals surface area contributed by atoms with Gasteiger partial charge in [-0.25, -0.2) is 0 Å². The lowest BCUT2D eigenvalue weighted by Crippen LogP contribution is -2.38. The second kappa shape index (κ2) is 4.89. The molecule has 2 nitrogen and oxygen atoms in total. The van der Waals surface area contributed by atoms with Gasteiger partial charge in [-0.15, -0.1) is 0 Å². The number of benzene rings is 1. The predicted octanol–water partition coefficient (Wildman–Crippen LogP) is 3.20. The molecular weight excluding hydrogens is 208 g/mol. The van der Waals surface area contributed by atoms with Gasteiger partial charge >= 0.3 is 0 Å². The highest BCUT2D eigenvalue weighted by Crippen LogP contribution is 2.43.